The van der Waals surface area contributed by atoms with Gasteiger partial charge in [-0.1, -0.05) is 24.3 Å². The van der Waals surface area contributed by atoms with Gasteiger partial charge in [0.25, 0.3) is 5.91 Å². The molecule has 162 valence electrons. The Hall–Kier alpha value is -4.40. The van der Waals surface area contributed by atoms with E-state index in [9.17, 15) is 9.18 Å². The summed E-state index contributed by atoms with van der Waals surface area (Å²) in [6.07, 6.45) is -0.959. The Morgan fingerprint density at radius 1 is 0.969 bits per heavy atom. The fourth-order valence-corrected chi connectivity index (χ4v) is 3.25. The van der Waals surface area contributed by atoms with Gasteiger partial charge in [0, 0.05) is 22.7 Å². The van der Waals surface area contributed by atoms with Gasteiger partial charge in [-0.2, -0.15) is 9.37 Å². The fraction of sp³-hybridized carbons (Fsp3) is 0.0870. The van der Waals surface area contributed by atoms with Gasteiger partial charge in [-0.05, 0) is 36.4 Å². The number of fused-ring (bicyclic) bond motifs is 1. The molecule has 0 aliphatic carbocycles. The van der Waals surface area contributed by atoms with E-state index in [-0.39, 0.29) is 11.3 Å². The maximum absolute atomic E-state index is 14.5. The number of rotatable bonds is 6. The highest BCUT2D eigenvalue weighted by molar-refractivity contribution is 5.99. The Bertz CT molecular complexity index is 1280. The van der Waals surface area contributed by atoms with Gasteiger partial charge >= 0.3 is 6.08 Å². The van der Waals surface area contributed by atoms with E-state index in [1.807, 2.05) is 6.07 Å². The molecule has 32 heavy (non-hydrogen) atoms. The molecule has 0 spiro atoms. The maximum atomic E-state index is 14.5. The van der Waals surface area contributed by atoms with Crippen LogP contribution in [0.1, 0.15) is 10.4 Å². The van der Waals surface area contributed by atoms with Crippen molar-refractivity contribution in [2.75, 3.05) is 25.0 Å². The first-order chi connectivity index (χ1) is 15.5. The smallest absolute Gasteiger partial charge is 0.311 e. The van der Waals surface area contributed by atoms with E-state index >= 15 is 0 Å². The van der Waals surface area contributed by atoms with E-state index in [1.54, 1.807) is 60.7 Å². The number of hydrogen-bond donors (Lipinski definition) is 2. The van der Waals surface area contributed by atoms with Crippen LogP contribution in [0.25, 0.3) is 10.9 Å². The van der Waals surface area contributed by atoms with Crippen molar-refractivity contribution in [2.24, 2.45) is 0 Å². The molecule has 3 N–H and O–H groups in total. The van der Waals surface area contributed by atoms with Crippen molar-refractivity contribution in [3.8, 4) is 11.5 Å². The molecule has 1 amide bonds. The van der Waals surface area contributed by atoms with Crippen molar-refractivity contribution in [1.82, 2.24) is 15.4 Å². The number of nitrogen functional groups attached to an aromatic ring is 1. The number of hydrogen-bond acceptors (Lipinski definition) is 7. The molecule has 0 bridgehead atoms. The van der Waals surface area contributed by atoms with Crippen LogP contribution < -0.4 is 25.6 Å². The van der Waals surface area contributed by atoms with Gasteiger partial charge in [0.2, 0.25) is 0 Å². The third-order valence-corrected chi connectivity index (χ3v) is 4.74. The standard InChI is InChI=1S/C23H20FN5O3/c1-31-19-12-17-18(13-20(19)32-2)26-23(24)27-21(17)29(16-9-4-3-5-10-16)28-22(30)14-7-6-8-15(25)11-14/h3-13H,25H2,1-2H3,(H,28,30). The van der Waals surface area contributed by atoms with Gasteiger partial charge in [-0.25, -0.2) is 9.99 Å². The van der Waals surface area contributed by atoms with E-state index < -0.39 is 12.0 Å². The predicted molar refractivity (Wildman–Crippen MR) is 120 cm³/mol. The van der Waals surface area contributed by atoms with Crippen molar-refractivity contribution >= 4 is 34.0 Å². The Labute approximate surface area is 183 Å². The van der Waals surface area contributed by atoms with Gasteiger partial charge in [0.1, 0.15) is 0 Å². The van der Waals surface area contributed by atoms with Crippen LogP contribution in [0.5, 0.6) is 11.5 Å². The molecule has 3 aromatic carbocycles. The molecule has 9 heteroatoms. The van der Waals surface area contributed by atoms with Crippen molar-refractivity contribution in [3.05, 3.63) is 78.4 Å². The number of carbonyl (C=O) groups excluding carboxylic acids is 1. The number of ether oxygens (including phenoxy) is 2. The minimum absolute atomic E-state index is 0.122. The Morgan fingerprint density at radius 2 is 1.69 bits per heavy atom. The first kappa shape index (κ1) is 20.9. The number of amides is 1. The number of methoxy groups -OCH3 is 2. The van der Waals surface area contributed by atoms with Gasteiger partial charge in [-0.15, -0.1) is 0 Å². The number of para-hydroxylation sites is 1. The summed E-state index contributed by atoms with van der Waals surface area (Å²) in [7, 11) is 2.97. The second-order valence-corrected chi connectivity index (χ2v) is 6.78. The second-order valence-electron chi connectivity index (χ2n) is 6.78. The molecule has 0 radical (unpaired) electrons. The molecular formula is C23H20FN5O3. The molecule has 0 fully saturated rings. The highest BCUT2D eigenvalue weighted by atomic mass is 19.1. The summed E-state index contributed by atoms with van der Waals surface area (Å²) in [5, 5.41) is 1.84. The molecule has 1 aromatic heterocycles. The third kappa shape index (κ3) is 4.08. The first-order valence-corrected chi connectivity index (χ1v) is 9.61. The number of aromatic nitrogens is 2. The molecule has 0 atom stereocenters. The Balaban J connectivity index is 1.88. The monoisotopic (exact) mass is 433 g/mol. The largest absolute Gasteiger partial charge is 0.493 e. The van der Waals surface area contributed by atoms with E-state index in [2.05, 4.69) is 15.4 Å². The number of hydrazine groups is 1. The summed E-state index contributed by atoms with van der Waals surface area (Å²) >= 11 is 0. The lowest BCUT2D eigenvalue weighted by Gasteiger charge is -2.25. The Morgan fingerprint density at radius 3 is 2.38 bits per heavy atom. The number of halogens is 1. The number of nitrogens with one attached hydrogen (secondary N) is 1. The summed E-state index contributed by atoms with van der Waals surface area (Å²) < 4.78 is 25.1. The van der Waals surface area contributed by atoms with Crippen LogP contribution in [-0.4, -0.2) is 30.1 Å². The normalized spacial score (nSPS) is 10.6. The zero-order valence-corrected chi connectivity index (χ0v) is 17.4. The van der Waals surface area contributed by atoms with Crippen LogP contribution >= 0.6 is 0 Å². The molecule has 0 unspecified atom stereocenters. The number of benzene rings is 3. The maximum Gasteiger partial charge on any atom is 0.311 e. The number of anilines is 3. The molecule has 0 aliphatic rings. The molecule has 0 saturated carbocycles. The van der Waals surface area contributed by atoms with E-state index in [1.165, 1.54) is 19.2 Å². The molecule has 4 rings (SSSR count). The van der Waals surface area contributed by atoms with Gasteiger partial charge in [-0.3, -0.25) is 10.2 Å². The summed E-state index contributed by atoms with van der Waals surface area (Å²) in [6.45, 7) is 0. The second kappa shape index (κ2) is 8.76. The summed E-state index contributed by atoms with van der Waals surface area (Å²) in [5.74, 6) is 0.469. The van der Waals surface area contributed by atoms with Crippen LogP contribution in [0, 0.1) is 6.08 Å². The van der Waals surface area contributed by atoms with Crippen LogP contribution in [0.2, 0.25) is 0 Å². The van der Waals surface area contributed by atoms with E-state index in [0.29, 0.717) is 33.8 Å². The number of carbonyl (C=O) groups is 1. The van der Waals surface area contributed by atoms with Crippen LogP contribution in [-0.2, 0) is 0 Å². The molecule has 8 nitrogen and oxygen atoms in total. The zero-order chi connectivity index (χ0) is 22.7. The van der Waals surface area contributed by atoms with Gasteiger partial charge in [0.15, 0.2) is 17.3 Å². The SMILES string of the molecule is COc1cc2nc(F)nc(N(NC(=O)c3cccc(N)c3)c3ccccc3)c2cc1OC. The Kier molecular flexibility index (Phi) is 5.71. The molecule has 0 saturated heterocycles. The highest BCUT2D eigenvalue weighted by Crippen LogP contribution is 2.36. The van der Waals surface area contributed by atoms with Crippen LogP contribution in [0.3, 0.4) is 0 Å². The molecule has 4 aromatic rings. The first-order valence-electron chi connectivity index (χ1n) is 9.61. The predicted octanol–water partition coefficient (Wildman–Crippen LogP) is 3.85. The van der Waals surface area contributed by atoms with Crippen molar-refractivity contribution in [1.29, 1.82) is 0 Å². The minimum Gasteiger partial charge on any atom is -0.493 e. The highest BCUT2D eigenvalue weighted by Gasteiger charge is 2.21. The number of nitrogens with two attached hydrogens (primary N) is 1. The average molecular weight is 433 g/mol. The lowest BCUT2D eigenvalue weighted by atomic mass is 10.2. The van der Waals surface area contributed by atoms with E-state index in [0.717, 1.165) is 0 Å². The minimum atomic E-state index is -0.959. The summed E-state index contributed by atoms with van der Waals surface area (Å²) in [4.78, 5) is 20.9. The van der Waals surface area contributed by atoms with Gasteiger partial charge in [0.05, 0.1) is 25.4 Å². The lowest BCUT2D eigenvalue weighted by molar-refractivity contribution is 0.0953. The van der Waals surface area contributed by atoms with Crippen molar-refractivity contribution in [2.45, 2.75) is 0 Å². The van der Waals surface area contributed by atoms with Crippen molar-refractivity contribution < 1.29 is 18.7 Å². The number of nitrogens with zero attached hydrogens (tertiary/aromatic N) is 3. The van der Waals surface area contributed by atoms with Crippen LogP contribution in [0.15, 0.2) is 66.7 Å². The third-order valence-electron chi connectivity index (χ3n) is 4.74. The summed E-state index contributed by atoms with van der Waals surface area (Å²) in [5.41, 5.74) is 10.2. The molecular weight excluding hydrogens is 413 g/mol. The quantitative estimate of drug-likeness (QED) is 0.270. The van der Waals surface area contributed by atoms with Crippen LogP contribution in [0.4, 0.5) is 21.6 Å². The zero-order valence-electron chi connectivity index (χ0n) is 17.4. The lowest BCUT2D eigenvalue weighted by Crippen LogP contribution is -2.39. The molecule has 1 heterocycles. The topological polar surface area (TPSA) is 103 Å². The van der Waals surface area contributed by atoms with Gasteiger partial charge < -0.3 is 15.2 Å². The summed E-state index contributed by atoms with van der Waals surface area (Å²) in [6, 6.07) is 18.6. The molecule has 0 aliphatic heterocycles. The average Bonchev–Trinajstić information content (AvgIpc) is 2.81. The van der Waals surface area contributed by atoms with E-state index in [4.69, 9.17) is 15.2 Å². The van der Waals surface area contributed by atoms with Crippen molar-refractivity contribution in [3.63, 3.8) is 0 Å². The fourth-order valence-electron chi connectivity index (χ4n) is 3.25.